The summed E-state index contributed by atoms with van der Waals surface area (Å²) >= 11 is 0. The van der Waals surface area contributed by atoms with Crippen molar-refractivity contribution in [3.8, 4) is 5.75 Å². The number of halogens is 1. The second kappa shape index (κ2) is 10.3. The summed E-state index contributed by atoms with van der Waals surface area (Å²) in [4.78, 5) is 11.9. The average Bonchev–Trinajstić information content (AvgIpc) is 2.62. The van der Waals surface area contributed by atoms with Crippen LogP contribution in [0.4, 0.5) is 10.1 Å². The fraction of sp³-hybridized carbons (Fsp3) is 0.286. The summed E-state index contributed by atoms with van der Waals surface area (Å²) in [6, 6.07) is 13.3. The lowest BCUT2D eigenvalue weighted by atomic mass is 10.2. The van der Waals surface area contributed by atoms with E-state index in [9.17, 15) is 9.18 Å². The lowest BCUT2D eigenvalue weighted by molar-refractivity contribution is -0.111. The predicted octanol–water partition coefficient (Wildman–Crippen LogP) is 5.44. The minimum atomic E-state index is -0.297. The first-order chi connectivity index (χ1) is 12.2. The molecule has 0 saturated heterocycles. The fourth-order valence-electron chi connectivity index (χ4n) is 2.28. The molecule has 132 valence electrons. The molecule has 4 heteroatoms. The Morgan fingerprint density at radius 1 is 1.04 bits per heavy atom. The molecular formula is C21H24FNO2. The van der Waals surface area contributed by atoms with Crippen LogP contribution in [-0.4, -0.2) is 12.5 Å². The molecule has 0 aliphatic heterocycles. The summed E-state index contributed by atoms with van der Waals surface area (Å²) in [5, 5.41) is 2.78. The van der Waals surface area contributed by atoms with Crippen LogP contribution >= 0.6 is 0 Å². The van der Waals surface area contributed by atoms with E-state index in [1.54, 1.807) is 18.2 Å². The van der Waals surface area contributed by atoms with Crippen LogP contribution in [0.25, 0.3) is 6.08 Å². The van der Waals surface area contributed by atoms with Gasteiger partial charge in [-0.2, -0.15) is 0 Å². The molecule has 3 nitrogen and oxygen atoms in total. The number of carbonyl (C=O) groups excluding carboxylic acids is 1. The number of hydrogen-bond acceptors (Lipinski definition) is 2. The maximum atomic E-state index is 12.8. The number of unbranched alkanes of at least 4 members (excludes halogenated alkanes) is 3. The van der Waals surface area contributed by atoms with E-state index in [0.717, 1.165) is 17.7 Å². The fourth-order valence-corrected chi connectivity index (χ4v) is 2.28. The van der Waals surface area contributed by atoms with Gasteiger partial charge in [-0.05, 0) is 54.5 Å². The second-order valence-electron chi connectivity index (χ2n) is 5.81. The molecule has 2 aromatic rings. The highest BCUT2D eigenvalue weighted by atomic mass is 19.1. The summed E-state index contributed by atoms with van der Waals surface area (Å²) in [7, 11) is 0. The third-order valence-corrected chi connectivity index (χ3v) is 3.69. The first kappa shape index (κ1) is 18.7. The van der Waals surface area contributed by atoms with Crippen LogP contribution < -0.4 is 10.1 Å². The van der Waals surface area contributed by atoms with Gasteiger partial charge in [-0.3, -0.25) is 4.79 Å². The Morgan fingerprint density at radius 3 is 2.44 bits per heavy atom. The number of ether oxygens (including phenoxy) is 1. The van der Waals surface area contributed by atoms with Crippen LogP contribution in [0, 0.1) is 5.82 Å². The van der Waals surface area contributed by atoms with Crippen LogP contribution in [0.2, 0.25) is 0 Å². The van der Waals surface area contributed by atoms with Crippen LogP contribution in [0.1, 0.15) is 38.2 Å². The Bertz CT molecular complexity index is 678. The van der Waals surface area contributed by atoms with E-state index in [4.69, 9.17) is 4.74 Å². The van der Waals surface area contributed by atoms with Crippen LogP contribution in [-0.2, 0) is 4.79 Å². The Balaban J connectivity index is 1.78. The van der Waals surface area contributed by atoms with Crippen molar-refractivity contribution in [2.75, 3.05) is 11.9 Å². The summed E-state index contributed by atoms with van der Waals surface area (Å²) < 4.78 is 18.5. The summed E-state index contributed by atoms with van der Waals surface area (Å²) in [6.45, 7) is 2.90. The summed E-state index contributed by atoms with van der Waals surface area (Å²) in [5.41, 5.74) is 1.47. The average molecular weight is 341 g/mol. The van der Waals surface area contributed by atoms with Gasteiger partial charge in [0.05, 0.1) is 6.61 Å². The van der Waals surface area contributed by atoms with E-state index < -0.39 is 0 Å². The molecule has 0 aliphatic carbocycles. The van der Waals surface area contributed by atoms with Gasteiger partial charge in [0, 0.05) is 11.8 Å². The van der Waals surface area contributed by atoms with Crippen LogP contribution in [0.5, 0.6) is 5.75 Å². The van der Waals surface area contributed by atoms with Crippen molar-refractivity contribution in [1.82, 2.24) is 0 Å². The highest BCUT2D eigenvalue weighted by Crippen LogP contribution is 2.16. The topological polar surface area (TPSA) is 38.3 Å². The van der Waals surface area contributed by atoms with E-state index in [1.165, 1.54) is 37.5 Å². The zero-order valence-electron chi connectivity index (χ0n) is 14.5. The third-order valence-electron chi connectivity index (χ3n) is 3.69. The molecular weight excluding hydrogens is 317 g/mol. The number of hydrogen-bond donors (Lipinski definition) is 1. The van der Waals surface area contributed by atoms with Crippen LogP contribution in [0.3, 0.4) is 0 Å². The lowest BCUT2D eigenvalue weighted by Crippen LogP contribution is -2.07. The maximum Gasteiger partial charge on any atom is 0.248 e. The molecule has 0 bridgehead atoms. The molecule has 2 rings (SSSR count). The first-order valence-corrected chi connectivity index (χ1v) is 8.65. The molecule has 0 aliphatic rings. The molecule has 1 amide bonds. The number of benzene rings is 2. The number of amides is 1. The van der Waals surface area contributed by atoms with Crippen molar-refractivity contribution in [1.29, 1.82) is 0 Å². The number of anilines is 1. The van der Waals surface area contributed by atoms with Crippen molar-refractivity contribution in [2.24, 2.45) is 0 Å². The molecule has 0 saturated carbocycles. The lowest BCUT2D eigenvalue weighted by Gasteiger charge is -2.07. The minimum absolute atomic E-state index is 0.238. The highest BCUT2D eigenvalue weighted by Gasteiger charge is 2.00. The van der Waals surface area contributed by atoms with Crippen molar-refractivity contribution < 1.29 is 13.9 Å². The van der Waals surface area contributed by atoms with Gasteiger partial charge in [-0.1, -0.05) is 38.3 Å². The summed E-state index contributed by atoms with van der Waals surface area (Å²) in [6.07, 6.45) is 7.75. The SMILES string of the molecule is CCCCCCOc1ccc(NC(=O)C=Cc2ccc(F)cc2)cc1. The van der Waals surface area contributed by atoms with Gasteiger partial charge >= 0.3 is 0 Å². The Kier molecular flexibility index (Phi) is 7.70. The molecule has 0 heterocycles. The molecule has 0 unspecified atom stereocenters. The van der Waals surface area contributed by atoms with Crippen molar-refractivity contribution in [3.05, 3.63) is 66.0 Å². The third kappa shape index (κ3) is 7.21. The predicted molar refractivity (Wildman–Crippen MR) is 100 cm³/mol. The van der Waals surface area contributed by atoms with Gasteiger partial charge in [0.2, 0.25) is 5.91 Å². The monoisotopic (exact) mass is 341 g/mol. The highest BCUT2D eigenvalue weighted by molar-refractivity contribution is 6.01. The zero-order valence-corrected chi connectivity index (χ0v) is 14.5. The van der Waals surface area contributed by atoms with Gasteiger partial charge in [-0.25, -0.2) is 4.39 Å². The largest absolute Gasteiger partial charge is 0.494 e. The maximum absolute atomic E-state index is 12.8. The minimum Gasteiger partial charge on any atom is -0.494 e. The van der Waals surface area contributed by atoms with Crippen LogP contribution in [0.15, 0.2) is 54.6 Å². The van der Waals surface area contributed by atoms with E-state index in [-0.39, 0.29) is 11.7 Å². The molecule has 0 fully saturated rings. The van der Waals surface area contributed by atoms with Crippen molar-refractivity contribution in [2.45, 2.75) is 32.6 Å². The van der Waals surface area contributed by atoms with Gasteiger partial charge in [-0.15, -0.1) is 0 Å². The molecule has 0 atom stereocenters. The van der Waals surface area contributed by atoms with Gasteiger partial charge < -0.3 is 10.1 Å². The smallest absolute Gasteiger partial charge is 0.248 e. The van der Waals surface area contributed by atoms with E-state index in [0.29, 0.717) is 12.3 Å². The second-order valence-corrected chi connectivity index (χ2v) is 5.81. The summed E-state index contributed by atoms with van der Waals surface area (Å²) in [5.74, 6) is 0.267. The van der Waals surface area contributed by atoms with E-state index in [1.807, 2.05) is 24.3 Å². The Labute approximate surface area is 148 Å². The molecule has 0 aromatic heterocycles. The zero-order chi connectivity index (χ0) is 17.9. The van der Waals surface area contributed by atoms with E-state index >= 15 is 0 Å². The number of carbonyl (C=O) groups is 1. The molecule has 1 N–H and O–H groups in total. The molecule has 25 heavy (non-hydrogen) atoms. The van der Waals surface area contributed by atoms with Gasteiger partial charge in [0.25, 0.3) is 0 Å². The molecule has 0 radical (unpaired) electrons. The molecule has 2 aromatic carbocycles. The quantitative estimate of drug-likeness (QED) is 0.487. The molecule has 0 spiro atoms. The first-order valence-electron chi connectivity index (χ1n) is 8.65. The van der Waals surface area contributed by atoms with Crippen molar-refractivity contribution >= 4 is 17.7 Å². The standard InChI is InChI=1S/C21H24FNO2/c1-2-3-4-5-16-25-20-13-11-19(12-14-20)23-21(24)15-8-17-6-9-18(22)10-7-17/h6-15H,2-5,16H2,1H3,(H,23,24). The van der Waals surface area contributed by atoms with Gasteiger partial charge in [0.1, 0.15) is 11.6 Å². The number of rotatable bonds is 9. The normalized spacial score (nSPS) is 10.8. The Hall–Kier alpha value is -2.62. The number of nitrogens with one attached hydrogen (secondary N) is 1. The Morgan fingerprint density at radius 2 is 1.76 bits per heavy atom. The van der Waals surface area contributed by atoms with E-state index in [2.05, 4.69) is 12.2 Å². The van der Waals surface area contributed by atoms with Crippen molar-refractivity contribution in [3.63, 3.8) is 0 Å². The van der Waals surface area contributed by atoms with Gasteiger partial charge in [0.15, 0.2) is 0 Å².